The van der Waals surface area contributed by atoms with E-state index in [2.05, 4.69) is 4.72 Å². The molecule has 0 bridgehead atoms. The maximum atomic E-state index is 13.0. The molecule has 1 N–H and O–H groups in total. The zero-order valence-corrected chi connectivity index (χ0v) is 16.9. The Balaban J connectivity index is 2.00. The Morgan fingerprint density at radius 1 is 1.24 bits per heavy atom. The lowest BCUT2D eigenvalue weighted by molar-refractivity contribution is -0.137. The van der Waals surface area contributed by atoms with Crippen LogP contribution >= 0.6 is 11.6 Å². The largest absolute Gasteiger partial charge is 0.489 e. The third-order valence-electron chi connectivity index (χ3n) is 4.31. The van der Waals surface area contributed by atoms with Crippen molar-refractivity contribution in [1.29, 1.82) is 0 Å². The lowest BCUT2D eigenvalue weighted by Gasteiger charge is -2.29. The molecule has 1 heterocycles. The van der Waals surface area contributed by atoms with E-state index in [-0.39, 0.29) is 28.8 Å². The highest BCUT2D eigenvalue weighted by molar-refractivity contribution is 7.92. The Labute approximate surface area is 170 Å². The zero-order chi connectivity index (χ0) is 21.6. The number of nitrogens with one attached hydrogen (secondary N) is 1. The van der Waals surface area contributed by atoms with Gasteiger partial charge in [0.1, 0.15) is 12.4 Å². The monoisotopic (exact) mass is 448 g/mol. The number of nitrogens with zero attached hydrogens (tertiary/aromatic N) is 1. The molecule has 0 spiro atoms. The van der Waals surface area contributed by atoms with Crippen molar-refractivity contribution in [3.63, 3.8) is 0 Å². The van der Waals surface area contributed by atoms with Gasteiger partial charge in [-0.15, -0.1) is 0 Å². The van der Waals surface area contributed by atoms with Crippen LogP contribution in [-0.2, 0) is 21.0 Å². The summed E-state index contributed by atoms with van der Waals surface area (Å²) < 4.78 is 72.3. The van der Waals surface area contributed by atoms with Crippen molar-refractivity contribution >= 4 is 38.9 Å². The second-order valence-electron chi connectivity index (χ2n) is 6.40. The summed E-state index contributed by atoms with van der Waals surface area (Å²) in [6.45, 7) is 3.42. The molecule has 3 rings (SSSR count). The van der Waals surface area contributed by atoms with Gasteiger partial charge in [-0.05, 0) is 36.8 Å². The van der Waals surface area contributed by atoms with Gasteiger partial charge >= 0.3 is 6.18 Å². The number of carbonyl (C=O) groups excluding carboxylic acids is 1. The van der Waals surface area contributed by atoms with Crippen molar-refractivity contribution in [2.75, 3.05) is 22.8 Å². The summed E-state index contributed by atoms with van der Waals surface area (Å²) in [7, 11) is -4.23. The van der Waals surface area contributed by atoms with Crippen LogP contribution in [0.25, 0.3) is 0 Å². The fourth-order valence-corrected chi connectivity index (χ4v) is 4.50. The van der Waals surface area contributed by atoms with Crippen LogP contribution < -0.4 is 14.4 Å². The molecule has 6 nitrogen and oxygen atoms in total. The average molecular weight is 449 g/mol. The lowest BCUT2D eigenvalue weighted by Crippen LogP contribution is -2.36. The number of hydrogen-bond donors (Lipinski definition) is 1. The number of sulfonamides is 1. The lowest BCUT2D eigenvalue weighted by atomic mass is 10.1. The van der Waals surface area contributed by atoms with Gasteiger partial charge in [0, 0.05) is 18.7 Å². The second kappa shape index (κ2) is 7.42. The van der Waals surface area contributed by atoms with E-state index in [0.29, 0.717) is 23.9 Å². The maximum Gasteiger partial charge on any atom is 0.417 e. The molecule has 2 aromatic rings. The quantitative estimate of drug-likeness (QED) is 0.763. The summed E-state index contributed by atoms with van der Waals surface area (Å²) in [5.41, 5.74) is -0.698. The Morgan fingerprint density at radius 3 is 2.55 bits per heavy atom. The molecule has 0 saturated carbocycles. The SMILES string of the molecule is CC(=O)N1CCOc2cc(S(=O)(=O)Nc3ccc(Cl)c(C(F)(F)F)c3)c(C)cc21. The van der Waals surface area contributed by atoms with Crippen LogP contribution in [0.5, 0.6) is 5.75 Å². The number of rotatable bonds is 3. The molecular formula is C18H16ClF3N2O4S. The summed E-state index contributed by atoms with van der Waals surface area (Å²) in [5, 5.41) is -0.539. The number of fused-ring (bicyclic) bond motifs is 1. The predicted molar refractivity (Wildman–Crippen MR) is 102 cm³/mol. The molecule has 0 unspecified atom stereocenters. The normalized spacial score (nSPS) is 14.2. The zero-order valence-electron chi connectivity index (χ0n) is 15.3. The summed E-state index contributed by atoms with van der Waals surface area (Å²) in [6.07, 6.45) is -4.73. The minimum Gasteiger partial charge on any atom is -0.489 e. The van der Waals surface area contributed by atoms with Gasteiger partial charge in [0.15, 0.2) is 0 Å². The van der Waals surface area contributed by atoms with Crippen molar-refractivity contribution < 1.29 is 31.1 Å². The number of carbonyl (C=O) groups is 1. The second-order valence-corrected chi connectivity index (χ2v) is 8.46. The third kappa shape index (κ3) is 4.27. The van der Waals surface area contributed by atoms with E-state index in [1.54, 1.807) is 0 Å². The van der Waals surface area contributed by atoms with E-state index >= 15 is 0 Å². The molecule has 1 aliphatic heterocycles. The van der Waals surface area contributed by atoms with E-state index in [1.807, 2.05) is 0 Å². The molecule has 1 amide bonds. The molecule has 0 aliphatic carbocycles. The van der Waals surface area contributed by atoms with Crippen LogP contribution in [0.2, 0.25) is 5.02 Å². The summed E-state index contributed by atoms with van der Waals surface area (Å²) in [6, 6.07) is 5.48. The van der Waals surface area contributed by atoms with Gasteiger partial charge in [-0.1, -0.05) is 11.6 Å². The van der Waals surface area contributed by atoms with E-state index in [4.69, 9.17) is 16.3 Å². The molecule has 11 heteroatoms. The smallest absolute Gasteiger partial charge is 0.417 e. The van der Waals surface area contributed by atoms with Crippen LogP contribution in [0.1, 0.15) is 18.1 Å². The molecule has 0 atom stereocenters. The molecule has 0 saturated heterocycles. The average Bonchev–Trinajstić information content (AvgIpc) is 2.60. The molecule has 29 heavy (non-hydrogen) atoms. The van der Waals surface area contributed by atoms with Gasteiger partial charge in [0.25, 0.3) is 10.0 Å². The van der Waals surface area contributed by atoms with E-state index in [9.17, 15) is 26.4 Å². The Morgan fingerprint density at radius 2 is 1.93 bits per heavy atom. The standard InChI is InChI=1S/C18H16ClF3N2O4S/c1-10-7-15-16(28-6-5-24(15)11(2)25)9-17(10)29(26,27)23-12-3-4-14(19)13(8-12)18(20,21)22/h3-4,7-9,23H,5-6H2,1-2H3. The van der Waals surface area contributed by atoms with Gasteiger partial charge in [0.05, 0.1) is 27.7 Å². The van der Waals surface area contributed by atoms with Gasteiger partial charge in [-0.25, -0.2) is 8.42 Å². The van der Waals surface area contributed by atoms with Crippen LogP contribution in [-0.4, -0.2) is 27.5 Å². The van der Waals surface area contributed by atoms with Crippen molar-refractivity contribution in [2.24, 2.45) is 0 Å². The first-order valence-corrected chi connectivity index (χ1v) is 10.2. The molecular weight excluding hydrogens is 433 g/mol. The van der Waals surface area contributed by atoms with Crippen LogP contribution in [0.15, 0.2) is 35.2 Å². The highest BCUT2D eigenvalue weighted by Crippen LogP contribution is 2.38. The molecule has 2 aromatic carbocycles. The highest BCUT2D eigenvalue weighted by atomic mass is 35.5. The fraction of sp³-hybridized carbons (Fsp3) is 0.278. The van der Waals surface area contributed by atoms with Crippen LogP contribution in [0.3, 0.4) is 0 Å². The first-order chi connectivity index (χ1) is 13.4. The number of hydrogen-bond acceptors (Lipinski definition) is 4. The fourth-order valence-electron chi connectivity index (χ4n) is 2.98. The topological polar surface area (TPSA) is 75.7 Å². The minimum atomic E-state index is -4.73. The van der Waals surface area contributed by atoms with Gasteiger partial charge in [-0.3, -0.25) is 9.52 Å². The summed E-state index contributed by atoms with van der Waals surface area (Å²) in [4.78, 5) is 13.1. The van der Waals surface area contributed by atoms with Gasteiger partial charge < -0.3 is 9.64 Å². The molecule has 1 aliphatic rings. The van der Waals surface area contributed by atoms with Gasteiger partial charge in [0.2, 0.25) is 5.91 Å². The maximum absolute atomic E-state index is 13.0. The number of anilines is 2. The van der Waals surface area contributed by atoms with Crippen LogP contribution in [0, 0.1) is 6.92 Å². The number of ether oxygens (including phenoxy) is 1. The van der Waals surface area contributed by atoms with Gasteiger partial charge in [-0.2, -0.15) is 13.2 Å². The van der Waals surface area contributed by atoms with Crippen molar-refractivity contribution in [2.45, 2.75) is 24.9 Å². The minimum absolute atomic E-state index is 0.176. The molecule has 0 fully saturated rings. The summed E-state index contributed by atoms with van der Waals surface area (Å²) >= 11 is 5.57. The number of aryl methyl sites for hydroxylation is 1. The van der Waals surface area contributed by atoms with Crippen molar-refractivity contribution in [3.05, 3.63) is 46.5 Å². The van der Waals surface area contributed by atoms with Crippen molar-refractivity contribution in [3.8, 4) is 5.75 Å². The third-order valence-corrected chi connectivity index (χ3v) is 6.17. The molecule has 0 radical (unpaired) electrons. The Bertz CT molecular complexity index is 1090. The van der Waals surface area contributed by atoms with E-state index in [0.717, 1.165) is 12.1 Å². The van der Waals surface area contributed by atoms with E-state index < -0.39 is 26.8 Å². The van der Waals surface area contributed by atoms with Crippen molar-refractivity contribution in [1.82, 2.24) is 0 Å². The number of alkyl halides is 3. The Hall–Kier alpha value is -2.46. The van der Waals surface area contributed by atoms with E-state index in [1.165, 1.54) is 30.9 Å². The molecule has 156 valence electrons. The summed E-state index contributed by atoms with van der Waals surface area (Å²) in [5.74, 6) is -0.0203. The predicted octanol–water partition coefficient (Wildman–Crippen LogP) is 4.21. The highest BCUT2D eigenvalue weighted by Gasteiger charge is 2.34. The first kappa shape index (κ1) is 21.3. The Kier molecular flexibility index (Phi) is 5.44. The number of amides is 1. The first-order valence-electron chi connectivity index (χ1n) is 8.35. The molecule has 0 aromatic heterocycles. The van der Waals surface area contributed by atoms with Crippen LogP contribution in [0.4, 0.5) is 24.5 Å². The number of halogens is 4. The number of benzene rings is 2.